The molecule has 20 heavy (non-hydrogen) atoms. The second-order valence-electron chi connectivity index (χ2n) is 5.29. The van der Waals surface area contributed by atoms with Crippen LogP contribution in [0.25, 0.3) is 0 Å². The van der Waals surface area contributed by atoms with Gasteiger partial charge in [-0.2, -0.15) is 0 Å². The molecule has 0 radical (unpaired) electrons. The molecule has 1 aliphatic heterocycles. The van der Waals surface area contributed by atoms with Gasteiger partial charge in [-0.05, 0) is 50.0 Å². The van der Waals surface area contributed by atoms with Gasteiger partial charge in [0.1, 0.15) is 12.4 Å². The number of hydrogen-bond acceptors (Lipinski definition) is 3. The molecular formula is C16H23NO3. The lowest BCUT2D eigenvalue weighted by Gasteiger charge is -2.26. The second kappa shape index (κ2) is 7.90. The molecule has 0 spiro atoms. The topological polar surface area (TPSA) is 49.8 Å². The van der Waals surface area contributed by atoms with Crippen LogP contribution in [0.5, 0.6) is 5.75 Å². The van der Waals surface area contributed by atoms with Gasteiger partial charge in [0, 0.05) is 13.0 Å². The fraction of sp³-hybridized carbons (Fsp3) is 0.562. The zero-order valence-corrected chi connectivity index (χ0v) is 11.9. The number of benzene rings is 1. The van der Waals surface area contributed by atoms with E-state index in [9.17, 15) is 4.79 Å². The van der Waals surface area contributed by atoms with Crippen LogP contribution in [0, 0.1) is 0 Å². The highest BCUT2D eigenvalue weighted by molar-refractivity contribution is 5.67. The van der Waals surface area contributed by atoms with Crippen LogP contribution in [0.15, 0.2) is 24.3 Å². The monoisotopic (exact) mass is 277 g/mol. The van der Waals surface area contributed by atoms with Crippen LogP contribution in [0.2, 0.25) is 0 Å². The van der Waals surface area contributed by atoms with Crippen molar-refractivity contribution in [2.24, 2.45) is 0 Å². The van der Waals surface area contributed by atoms with E-state index >= 15 is 0 Å². The minimum Gasteiger partial charge on any atom is -0.492 e. The minimum absolute atomic E-state index is 0.164. The molecule has 110 valence electrons. The summed E-state index contributed by atoms with van der Waals surface area (Å²) in [5.41, 5.74) is 1.02. The second-order valence-corrected chi connectivity index (χ2v) is 5.29. The Hall–Kier alpha value is -1.55. The van der Waals surface area contributed by atoms with Crippen molar-refractivity contribution in [1.82, 2.24) is 4.90 Å². The molecule has 0 bridgehead atoms. The predicted molar refractivity (Wildman–Crippen MR) is 78.2 cm³/mol. The molecule has 0 aromatic heterocycles. The summed E-state index contributed by atoms with van der Waals surface area (Å²) < 4.78 is 5.77. The van der Waals surface area contributed by atoms with Gasteiger partial charge in [0.15, 0.2) is 0 Å². The van der Waals surface area contributed by atoms with Gasteiger partial charge in [0.25, 0.3) is 0 Å². The standard InChI is InChI=1S/C16H23NO3/c18-16(19)8-7-14-5-4-6-15(13-14)20-12-11-17-9-2-1-3-10-17/h4-6,13H,1-3,7-12H2,(H,18,19). The van der Waals surface area contributed by atoms with E-state index in [1.807, 2.05) is 24.3 Å². The van der Waals surface area contributed by atoms with Crippen LogP contribution in [-0.2, 0) is 11.2 Å². The van der Waals surface area contributed by atoms with E-state index in [1.54, 1.807) is 0 Å². The number of likely N-dealkylation sites (tertiary alicyclic amines) is 1. The first-order chi connectivity index (χ1) is 9.74. The summed E-state index contributed by atoms with van der Waals surface area (Å²) in [6.07, 6.45) is 4.66. The Morgan fingerprint density at radius 2 is 2.05 bits per heavy atom. The van der Waals surface area contributed by atoms with Crippen molar-refractivity contribution in [3.8, 4) is 5.75 Å². The number of carboxylic acid groups (broad SMARTS) is 1. The van der Waals surface area contributed by atoms with E-state index in [2.05, 4.69) is 4.90 Å². The summed E-state index contributed by atoms with van der Waals surface area (Å²) >= 11 is 0. The largest absolute Gasteiger partial charge is 0.492 e. The number of ether oxygens (including phenoxy) is 1. The highest BCUT2D eigenvalue weighted by Crippen LogP contribution is 2.15. The summed E-state index contributed by atoms with van der Waals surface area (Å²) in [5, 5.41) is 8.69. The molecule has 0 amide bonds. The van der Waals surface area contributed by atoms with Gasteiger partial charge < -0.3 is 9.84 Å². The van der Waals surface area contributed by atoms with Crippen LogP contribution < -0.4 is 4.74 Å². The lowest BCUT2D eigenvalue weighted by Crippen LogP contribution is -2.33. The number of aryl methyl sites for hydroxylation is 1. The van der Waals surface area contributed by atoms with E-state index in [-0.39, 0.29) is 6.42 Å². The fourth-order valence-electron chi connectivity index (χ4n) is 2.52. The normalized spacial score (nSPS) is 16.0. The number of carboxylic acids is 1. The molecule has 0 unspecified atom stereocenters. The van der Waals surface area contributed by atoms with Gasteiger partial charge >= 0.3 is 5.97 Å². The van der Waals surface area contributed by atoms with Crippen LogP contribution in [-0.4, -0.2) is 42.2 Å². The number of nitrogens with zero attached hydrogens (tertiary/aromatic N) is 1. The lowest BCUT2D eigenvalue weighted by molar-refractivity contribution is -0.136. The SMILES string of the molecule is O=C(O)CCc1cccc(OCCN2CCCCC2)c1. The highest BCUT2D eigenvalue weighted by atomic mass is 16.5. The fourth-order valence-corrected chi connectivity index (χ4v) is 2.52. The molecular weight excluding hydrogens is 254 g/mol. The first-order valence-corrected chi connectivity index (χ1v) is 7.40. The summed E-state index contributed by atoms with van der Waals surface area (Å²) in [6, 6.07) is 7.74. The van der Waals surface area contributed by atoms with E-state index in [0.29, 0.717) is 13.0 Å². The third-order valence-corrected chi connectivity index (χ3v) is 3.65. The third kappa shape index (κ3) is 5.21. The van der Waals surface area contributed by atoms with Crippen LogP contribution in [0.3, 0.4) is 0 Å². The molecule has 0 saturated carbocycles. The van der Waals surface area contributed by atoms with Crippen LogP contribution in [0.1, 0.15) is 31.2 Å². The summed E-state index contributed by atoms with van der Waals surface area (Å²) in [5.74, 6) is 0.0753. The van der Waals surface area contributed by atoms with Crippen molar-refractivity contribution >= 4 is 5.97 Å². The molecule has 4 heteroatoms. The van der Waals surface area contributed by atoms with Crippen molar-refractivity contribution in [2.75, 3.05) is 26.2 Å². The molecule has 1 saturated heterocycles. The van der Waals surface area contributed by atoms with Crippen LogP contribution in [0.4, 0.5) is 0 Å². The van der Waals surface area contributed by atoms with Crippen molar-refractivity contribution in [2.45, 2.75) is 32.1 Å². The molecule has 2 rings (SSSR count). The van der Waals surface area contributed by atoms with E-state index in [1.165, 1.54) is 32.4 Å². The Morgan fingerprint density at radius 1 is 1.25 bits per heavy atom. The lowest BCUT2D eigenvalue weighted by atomic mass is 10.1. The summed E-state index contributed by atoms with van der Waals surface area (Å²) in [6.45, 7) is 4.03. The molecule has 1 fully saturated rings. The number of carbonyl (C=O) groups is 1. The van der Waals surface area contributed by atoms with Crippen molar-refractivity contribution in [3.05, 3.63) is 29.8 Å². The molecule has 1 N–H and O–H groups in total. The zero-order valence-electron chi connectivity index (χ0n) is 11.9. The molecule has 4 nitrogen and oxygen atoms in total. The predicted octanol–water partition coefficient (Wildman–Crippen LogP) is 2.57. The quantitative estimate of drug-likeness (QED) is 0.832. The van der Waals surface area contributed by atoms with Gasteiger partial charge in [0.05, 0.1) is 0 Å². The summed E-state index contributed by atoms with van der Waals surface area (Å²) in [4.78, 5) is 13.0. The number of hydrogen-bond donors (Lipinski definition) is 1. The van der Waals surface area contributed by atoms with Gasteiger partial charge in [-0.15, -0.1) is 0 Å². The van der Waals surface area contributed by atoms with Gasteiger partial charge in [-0.25, -0.2) is 0 Å². The summed E-state index contributed by atoms with van der Waals surface area (Å²) in [7, 11) is 0. The van der Waals surface area contributed by atoms with Gasteiger partial charge in [-0.1, -0.05) is 18.6 Å². The van der Waals surface area contributed by atoms with Crippen molar-refractivity contribution in [3.63, 3.8) is 0 Å². The average molecular weight is 277 g/mol. The first-order valence-electron chi connectivity index (χ1n) is 7.40. The molecule has 1 heterocycles. The van der Waals surface area contributed by atoms with Crippen LogP contribution >= 0.6 is 0 Å². The Balaban J connectivity index is 1.74. The maximum Gasteiger partial charge on any atom is 0.303 e. The number of rotatable bonds is 7. The van der Waals surface area contributed by atoms with E-state index in [0.717, 1.165) is 17.9 Å². The van der Waals surface area contributed by atoms with Gasteiger partial charge in [0.2, 0.25) is 0 Å². The van der Waals surface area contributed by atoms with Crippen molar-refractivity contribution < 1.29 is 14.6 Å². The Kier molecular flexibility index (Phi) is 5.87. The first kappa shape index (κ1) is 14.9. The highest BCUT2D eigenvalue weighted by Gasteiger charge is 2.09. The molecule has 1 aromatic carbocycles. The number of aliphatic carboxylic acids is 1. The van der Waals surface area contributed by atoms with E-state index in [4.69, 9.17) is 9.84 Å². The number of piperidine rings is 1. The maximum absolute atomic E-state index is 10.6. The van der Waals surface area contributed by atoms with Crippen molar-refractivity contribution in [1.29, 1.82) is 0 Å². The van der Waals surface area contributed by atoms with Gasteiger partial charge in [-0.3, -0.25) is 9.69 Å². The third-order valence-electron chi connectivity index (χ3n) is 3.65. The molecule has 1 aromatic rings. The Bertz CT molecular complexity index is 427. The smallest absolute Gasteiger partial charge is 0.303 e. The average Bonchev–Trinajstić information content (AvgIpc) is 2.47. The Morgan fingerprint density at radius 3 is 2.80 bits per heavy atom. The minimum atomic E-state index is -0.763. The van der Waals surface area contributed by atoms with E-state index < -0.39 is 5.97 Å². The zero-order chi connectivity index (χ0) is 14.2. The Labute approximate surface area is 120 Å². The molecule has 1 aliphatic rings. The molecule has 0 atom stereocenters. The molecule has 0 aliphatic carbocycles. The maximum atomic E-state index is 10.6.